The molecule has 5 heteroatoms. The van der Waals surface area contributed by atoms with E-state index < -0.39 is 6.10 Å². The lowest BCUT2D eigenvalue weighted by Gasteiger charge is -2.33. The molecule has 0 aliphatic heterocycles. The molecule has 0 bridgehead atoms. The van der Waals surface area contributed by atoms with Crippen LogP contribution in [0, 0.1) is 0 Å². The van der Waals surface area contributed by atoms with Crippen molar-refractivity contribution in [2.75, 3.05) is 0 Å². The number of nitrogens with zero attached hydrogens (tertiary/aromatic N) is 3. The molecule has 0 amide bonds. The van der Waals surface area contributed by atoms with Crippen molar-refractivity contribution >= 4 is 0 Å². The standard InChI is InChI=1S/C8H14N4O/c1-5(13)8-4-10-11-12(8)7-2-6(9)3-7/h4-7,13H,2-3,9H2,1H3/t5-,6-,7-/m1/s1. The van der Waals surface area contributed by atoms with Crippen molar-refractivity contribution < 1.29 is 5.11 Å². The quantitative estimate of drug-likeness (QED) is 0.674. The molecular weight excluding hydrogens is 168 g/mol. The molecular formula is C8H14N4O. The van der Waals surface area contributed by atoms with E-state index in [2.05, 4.69) is 10.3 Å². The number of aliphatic hydroxyl groups is 1. The normalized spacial score (nSPS) is 29.8. The minimum absolute atomic E-state index is 0.288. The minimum atomic E-state index is -0.508. The van der Waals surface area contributed by atoms with Gasteiger partial charge in [-0.2, -0.15) is 0 Å². The molecule has 72 valence electrons. The Bertz CT molecular complexity index is 290. The van der Waals surface area contributed by atoms with E-state index in [0.29, 0.717) is 6.04 Å². The van der Waals surface area contributed by atoms with Crippen molar-refractivity contribution in [1.82, 2.24) is 15.0 Å². The van der Waals surface area contributed by atoms with Crippen molar-refractivity contribution in [3.05, 3.63) is 11.9 Å². The summed E-state index contributed by atoms with van der Waals surface area (Å²) >= 11 is 0. The van der Waals surface area contributed by atoms with Crippen LogP contribution in [0.5, 0.6) is 0 Å². The van der Waals surface area contributed by atoms with Gasteiger partial charge in [0.25, 0.3) is 0 Å². The number of hydrogen-bond acceptors (Lipinski definition) is 4. The fourth-order valence-electron chi connectivity index (χ4n) is 1.66. The highest BCUT2D eigenvalue weighted by molar-refractivity contribution is 5.02. The fourth-order valence-corrected chi connectivity index (χ4v) is 1.66. The smallest absolute Gasteiger partial charge is 0.0945 e. The number of aromatic nitrogens is 3. The first kappa shape index (κ1) is 8.65. The summed E-state index contributed by atoms with van der Waals surface area (Å²) in [6.07, 6.45) is 2.97. The van der Waals surface area contributed by atoms with E-state index in [1.807, 2.05) is 0 Å². The second-order valence-corrected chi connectivity index (χ2v) is 3.66. The lowest BCUT2D eigenvalue weighted by atomic mass is 9.87. The van der Waals surface area contributed by atoms with Crippen LogP contribution in [0.25, 0.3) is 0 Å². The third-order valence-corrected chi connectivity index (χ3v) is 2.53. The molecule has 1 aliphatic carbocycles. The zero-order valence-electron chi connectivity index (χ0n) is 7.59. The Labute approximate surface area is 76.5 Å². The first-order chi connectivity index (χ1) is 6.18. The number of aliphatic hydroxyl groups excluding tert-OH is 1. The second-order valence-electron chi connectivity index (χ2n) is 3.66. The van der Waals surface area contributed by atoms with Gasteiger partial charge in [-0.05, 0) is 19.8 Å². The van der Waals surface area contributed by atoms with Crippen molar-refractivity contribution in [3.63, 3.8) is 0 Å². The average Bonchev–Trinajstić information content (AvgIpc) is 2.45. The molecule has 1 fully saturated rings. The Morgan fingerprint density at radius 3 is 2.92 bits per heavy atom. The summed E-state index contributed by atoms with van der Waals surface area (Å²) in [7, 11) is 0. The average molecular weight is 182 g/mol. The van der Waals surface area contributed by atoms with Gasteiger partial charge in [0.15, 0.2) is 0 Å². The molecule has 1 aliphatic rings. The molecule has 0 unspecified atom stereocenters. The molecule has 1 aromatic rings. The maximum absolute atomic E-state index is 9.40. The van der Waals surface area contributed by atoms with Gasteiger partial charge in [0.1, 0.15) is 0 Å². The van der Waals surface area contributed by atoms with Crippen molar-refractivity contribution in [1.29, 1.82) is 0 Å². The minimum Gasteiger partial charge on any atom is -0.387 e. The van der Waals surface area contributed by atoms with E-state index in [9.17, 15) is 5.11 Å². The van der Waals surface area contributed by atoms with Crippen molar-refractivity contribution in [2.45, 2.75) is 38.0 Å². The summed E-state index contributed by atoms with van der Waals surface area (Å²) in [5.41, 5.74) is 6.45. The zero-order valence-corrected chi connectivity index (χ0v) is 7.59. The van der Waals surface area contributed by atoms with Gasteiger partial charge in [-0.25, -0.2) is 4.68 Å². The van der Waals surface area contributed by atoms with E-state index in [4.69, 9.17) is 5.73 Å². The molecule has 5 nitrogen and oxygen atoms in total. The molecule has 1 heterocycles. The molecule has 1 saturated carbocycles. The highest BCUT2D eigenvalue weighted by Gasteiger charge is 2.30. The van der Waals surface area contributed by atoms with E-state index in [1.165, 1.54) is 0 Å². The monoisotopic (exact) mass is 182 g/mol. The lowest BCUT2D eigenvalue weighted by molar-refractivity contribution is 0.166. The third kappa shape index (κ3) is 1.45. The lowest BCUT2D eigenvalue weighted by Crippen LogP contribution is -2.38. The molecule has 0 spiro atoms. The van der Waals surface area contributed by atoms with Crippen LogP contribution in [0.2, 0.25) is 0 Å². The van der Waals surface area contributed by atoms with E-state index >= 15 is 0 Å². The molecule has 1 aromatic heterocycles. The van der Waals surface area contributed by atoms with Crippen LogP contribution in [0.3, 0.4) is 0 Å². The van der Waals surface area contributed by atoms with Gasteiger partial charge < -0.3 is 10.8 Å². The van der Waals surface area contributed by atoms with E-state index in [0.717, 1.165) is 18.5 Å². The Hall–Kier alpha value is -0.940. The van der Waals surface area contributed by atoms with Crippen LogP contribution in [-0.2, 0) is 0 Å². The largest absolute Gasteiger partial charge is 0.387 e. The van der Waals surface area contributed by atoms with Gasteiger partial charge in [-0.1, -0.05) is 5.21 Å². The number of rotatable bonds is 2. The molecule has 0 radical (unpaired) electrons. The number of hydrogen-bond donors (Lipinski definition) is 2. The summed E-state index contributed by atoms with van der Waals surface area (Å²) in [5.74, 6) is 0. The van der Waals surface area contributed by atoms with Crippen LogP contribution >= 0.6 is 0 Å². The first-order valence-electron chi connectivity index (χ1n) is 4.52. The van der Waals surface area contributed by atoms with Gasteiger partial charge in [0.2, 0.25) is 0 Å². The Morgan fingerprint density at radius 1 is 1.69 bits per heavy atom. The van der Waals surface area contributed by atoms with Gasteiger partial charge in [-0.15, -0.1) is 5.10 Å². The molecule has 2 rings (SSSR count). The van der Waals surface area contributed by atoms with Gasteiger partial charge in [0.05, 0.1) is 24.0 Å². The van der Waals surface area contributed by atoms with Crippen LogP contribution in [0.15, 0.2) is 6.20 Å². The first-order valence-corrected chi connectivity index (χ1v) is 4.52. The molecule has 0 aromatic carbocycles. The second kappa shape index (κ2) is 3.08. The Kier molecular flexibility index (Phi) is 2.05. The summed E-state index contributed by atoms with van der Waals surface area (Å²) in [6.45, 7) is 1.72. The molecule has 13 heavy (non-hydrogen) atoms. The SMILES string of the molecule is C[C@@H](O)c1cnnn1[C@H]1C[C@H](N)C1. The topological polar surface area (TPSA) is 77.0 Å². The predicted octanol–water partition coefficient (Wildman–Crippen LogP) is -0.00640. The van der Waals surface area contributed by atoms with Gasteiger partial charge >= 0.3 is 0 Å². The van der Waals surface area contributed by atoms with Crippen LogP contribution in [0.1, 0.15) is 37.6 Å². The van der Waals surface area contributed by atoms with E-state index in [-0.39, 0.29) is 6.04 Å². The summed E-state index contributed by atoms with van der Waals surface area (Å²) in [4.78, 5) is 0. The van der Waals surface area contributed by atoms with Gasteiger partial charge in [0, 0.05) is 6.04 Å². The maximum Gasteiger partial charge on any atom is 0.0945 e. The summed E-state index contributed by atoms with van der Waals surface area (Å²) in [5, 5.41) is 17.1. The Morgan fingerprint density at radius 2 is 2.38 bits per heavy atom. The van der Waals surface area contributed by atoms with Crippen LogP contribution in [0.4, 0.5) is 0 Å². The van der Waals surface area contributed by atoms with E-state index in [1.54, 1.807) is 17.8 Å². The summed E-state index contributed by atoms with van der Waals surface area (Å²) < 4.78 is 1.79. The van der Waals surface area contributed by atoms with Crippen LogP contribution in [-0.4, -0.2) is 26.1 Å². The Balaban J connectivity index is 2.16. The molecule has 1 atom stereocenters. The highest BCUT2D eigenvalue weighted by atomic mass is 16.3. The zero-order chi connectivity index (χ0) is 9.42. The summed E-state index contributed by atoms with van der Waals surface area (Å²) in [6, 6.07) is 0.623. The molecule has 3 N–H and O–H groups in total. The maximum atomic E-state index is 9.40. The third-order valence-electron chi connectivity index (χ3n) is 2.53. The van der Waals surface area contributed by atoms with Crippen molar-refractivity contribution in [3.8, 4) is 0 Å². The fraction of sp³-hybridized carbons (Fsp3) is 0.750. The molecule has 0 saturated heterocycles. The number of nitrogens with two attached hydrogens (primary N) is 1. The predicted molar refractivity (Wildman–Crippen MR) is 46.9 cm³/mol. The highest BCUT2D eigenvalue weighted by Crippen LogP contribution is 2.31. The van der Waals surface area contributed by atoms with Crippen LogP contribution < -0.4 is 5.73 Å². The van der Waals surface area contributed by atoms with Gasteiger partial charge in [-0.3, -0.25) is 0 Å². The van der Waals surface area contributed by atoms with Crippen molar-refractivity contribution in [2.24, 2.45) is 5.73 Å².